The molecule has 1 aromatic rings. The minimum atomic E-state index is 0. The van der Waals surface area contributed by atoms with Crippen LogP contribution in [-0.4, -0.2) is 15.2 Å². The van der Waals surface area contributed by atoms with Gasteiger partial charge in [-0.25, -0.2) is 4.98 Å². The molecule has 5 heteroatoms. The van der Waals surface area contributed by atoms with Crippen molar-refractivity contribution in [1.29, 1.82) is 0 Å². The number of H-pyrrole nitrogens is 1. The zero-order valence-electron chi connectivity index (χ0n) is 5.88. The van der Waals surface area contributed by atoms with Crippen LogP contribution in [0.3, 0.4) is 0 Å². The molecule has 1 aliphatic carbocycles. The minimum Gasteiger partial charge on any atom is -0.262 e. The van der Waals surface area contributed by atoms with Gasteiger partial charge in [-0.15, -0.1) is 17.0 Å². The maximum absolute atomic E-state index is 4.28. The zero-order chi connectivity index (χ0) is 6.97. The van der Waals surface area contributed by atoms with Gasteiger partial charge in [0.1, 0.15) is 5.82 Å². The van der Waals surface area contributed by atoms with Crippen molar-refractivity contribution in [3.05, 3.63) is 11.6 Å². The molecule has 0 aromatic carbocycles. The highest BCUT2D eigenvalue weighted by molar-refractivity contribution is 9.08. The summed E-state index contributed by atoms with van der Waals surface area (Å²) in [7, 11) is 0. The summed E-state index contributed by atoms with van der Waals surface area (Å²) >= 11 is 3.31. The van der Waals surface area contributed by atoms with Crippen molar-refractivity contribution in [3.8, 4) is 0 Å². The SMILES string of the molecule is Br.BrCc1nc(C2CC2)n[nH]1. The molecule has 1 saturated carbocycles. The van der Waals surface area contributed by atoms with E-state index in [1.165, 1.54) is 12.8 Å². The molecule has 0 saturated heterocycles. The second kappa shape index (κ2) is 3.67. The number of halogens is 2. The predicted molar refractivity (Wildman–Crippen MR) is 51.3 cm³/mol. The molecule has 0 unspecified atom stereocenters. The monoisotopic (exact) mass is 281 g/mol. The minimum absolute atomic E-state index is 0. The highest BCUT2D eigenvalue weighted by Gasteiger charge is 2.27. The van der Waals surface area contributed by atoms with Gasteiger partial charge < -0.3 is 0 Å². The Morgan fingerprint density at radius 2 is 2.27 bits per heavy atom. The van der Waals surface area contributed by atoms with Crippen LogP contribution in [0.4, 0.5) is 0 Å². The van der Waals surface area contributed by atoms with Gasteiger partial charge in [-0.1, -0.05) is 15.9 Å². The molecule has 1 aromatic heterocycles. The van der Waals surface area contributed by atoms with Crippen molar-refractivity contribution in [2.45, 2.75) is 24.1 Å². The zero-order valence-corrected chi connectivity index (χ0v) is 9.18. The molecule has 1 N–H and O–H groups in total. The van der Waals surface area contributed by atoms with Crippen LogP contribution in [0, 0.1) is 0 Å². The molecule has 1 heterocycles. The Hall–Kier alpha value is 0.1000. The van der Waals surface area contributed by atoms with Crippen molar-refractivity contribution >= 4 is 32.9 Å². The summed E-state index contributed by atoms with van der Waals surface area (Å²) in [5, 5.41) is 7.72. The normalized spacial score (nSPS) is 16.1. The van der Waals surface area contributed by atoms with Crippen molar-refractivity contribution in [2.75, 3.05) is 0 Å². The summed E-state index contributed by atoms with van der Waals surface area (Å²) in [6.07, 6.45) is 2.53. The van der Waals surface area contributed by atoms with Crippen LogP contribution >= 0.6 is 32.9 Å². The summed E-state index contributed by atoms with van der Waals surface area (Å²) in [6, 6.07) is 0. The highest BCUT2D eigenvalue weighted by atomic mass is 79.9. The Bertz CT molecular complexity index is 231. The molecule has 0 aliphatic heterocycles. The number of aromatic amines is 1. The first-order valence-corrected chi connectivity index (χ1v) is 4.49. The van der Waals surface area contributed by atoms with Crippen LogP contribution in [-0.2, 0) is 5.33 Å². The molecular formula is C6H9Br2N3. The lowest BCUT2D eigenvalue weighted by Crippen LogP contribution is -1.81. The van der Waals surface area contributed by atoms with Crippen LogP contribution in [0.2, 0.25) is 0 Å². The fourth-order valence-electron chi connectivity index (χ4n) is 0.894. The van der Waals surface area contributed by atoms with Gasteiger partial charge in [0, 0.05) is 5.92 Å². The number of nitrogens with zero attached hydrogens (tertiary/aromatic N) is 2. The molecule has 0 amide bonds. The molecule has 1 fully saturated rings. The summed E-state index contributed by atoms with van der Waals surface area (Å²) in [6.45, 7) is 0. The number of rotatable bonds is 2. The van der Waals surface area contributed by atoms with Gasteiger partial charge in [0.15, 0.2) is 5.82 Å². The Morgan fingerprint density at radius 3 is 2.73 bits per heavy atom. The molecule has 3 nitrogen and oxygen atoms in total. The van der Waals surface area contributed by atoms with E-state index < -0.39 is 0 Å². The number of hydrogen-bond acceptors (Lipinski definition) is 2. The van der Waals surface area contributed by atoms with E-state index in [1.807, 2.05) is 0 Å². The topological polar surface area (TPSA) is 41.6 Å². The van der Waals surface area contributed by atoms with Crippen molar-refractivity contribution in [2.24, 2.45) is 0 Å². The highest BCUT2D eigenvalue weighted by Crippen LogP contribution is 2.37. The van der Waals surface area contributed by atoms with Gasteiger partial charge in [-0.3, -0.25) is 5.10 Å². The van der Waals surface area contributed by atoms with Gasteiger partial charge in [0.25, 0.3) is 0 Å². The maximum Gasteiger partial charge on any atom is 0.153 e. The number of aromatic nitrogens is 3. The fraction of sp³-hybridized carbons (Fsp3) is 0.667. The maximum atomic E-state index is 4.28. The first-order chi connectivity index (χ1) is 4.90. The van der Waals surface area contributed by atoms with E-state index in [1.54, 1.807) is 0 Å². The summed E-state index contributed by atoms with van der Waals surface area (Å²) in [4.78, 5) is 4.28. The Labute approximate surface area is 83.9 Å². The van der Waals surface area contributed by atoms with Crippen LogP contribution in [0.25, 0.3) is 0 Å². The van der Waals surface area contributed by atoms with Crippen molar-refractivity contribution in [1.82, 2.24) is 15.2 Å². The molecule has 0 radical (unpaired) electrons. The lowest BCUT2D eigenvalue weighted by atomic mass is 10.4. The quantitative estimate of drug-likeness (QED) is 0.845. The standard InChI is InChI=1S/C6H8BrN3.BrH/c7-3-5-8-6(10-9-5)4-1-2-4;/h4H,1-3H2,(H,8,9,10);1H. The van der Waals surface area contributed by atoms with Crippen molar-refractivity contribution in [3.63, 3.8) is 0 Å². The third-order valence-electron chi connectivity index (χ3n) is 1.62. The van der Waals surface area contributed by atoms with Crippen molar-refractivity contribution < 1.29 is 0 Å². The van der Waals surface area contributed by atoms with Gasteiger partial charge in [-0.2, -0.15) is 5.10 Å². The van der Waals surface area contributed by atoms with Crippen LogP contribution in [0.15, 0.2) is 0 Å². The lowest BCUT2D eigenvalue weighted by Gasteiger charge is -1.81. The second-order valence-electron chi connectivity index (χ2n) is 2.55. The van der Waals surface area contributed by atoms with Gasteiger partial charge in [-0.05, 0) is 12.8 Å². The van der Waals surface area contributed by atoms with E-state index in [4.69, 9.17) is 0 Å². The first kappa shape index (κ1) is 9.19. The smallest absolute Gasteiger partial charge is 0.153 e. The molecule has 0 bridgehead atoms. The molecule has 1 aliphatic rings. The average molecular weight is 283 g/mol. The van der Waals surface area contributed by atoms with Crippen LogP contribution in [0.5, 0.6) is 0 Å². The molecule has 2 rings (SSSR count). The van der Waals surface area contributed by atoms with Crippen LogP contribution < -0.4 is 0 Å². The van der Waals surface area contributed by atoms with Gasteiger partial charge in [0.2, 0.25) is 0 Å². The molecule has 0 spiro atoms. The predicted octanol–water partition coefficient (Wildman–Crippen LogP) is 2.15. The number of nitrogens with one attached hydrogen (secondary N) is 1. The summed E-state index contributed by atoms with van der Waals surface area (Å²) in [5.74, 6) is 2.58. The number of alkyl halides is 1. The van der Waals surface area contributed by atoms with Gasteiger partial charge in [0.05, 0.1) is 5.33 Å². The Balaban J connectivity index is 0.000000605. The third-order valence-corrected chi connectivity index (χ3v) is 2.15. The third kappa shape index (κ3) is 2.02. The van der Waals surface area contributed by atoms with E-state index in [0.29, 0.717) is 5.92 Å². The summed E-state index contributed by atoms with van der Waals surface area (Å²) in [5.41, 5.74) is 0. The largest absolute Gasteiger partial charge is 0.262 e. The first-order valence-electron chi connectivity index (χ1n) is 3.37. The second-order valence-corrected chi connectivity index (χ2v) is 3.11. The van der Waals surface area contributed by atoms with E-state index in [9.17, 15) is 0 Å². The lowest BCUT2D eigenvalue weighted by molar-refractivity contribution is 0.934. The van der Waals surface area contributed by atoms with Gasteiger partial charge >= 0.3 is 0 Å². The van der Waals surface area contributed by atoms with E-state index >= 15 is 0 Å². The van der Waals surface area contributed by atoms with E-state index in [-0.39, 0.29) is 17.0 Å². The molecule has 0 atom stereocenters. The fourth-order valence-corrected chi connectivity index (χ4v) is 1.14. The van der Waals surface area contributed by atoms with Crippen LogP contribution in [0.1, 0.15) is 30.4 Å². The Kier molecular flexibility index (Phi) is 3.06. The summed E-state index contributed by atoms with van der Waals surface area (Å²) < 4.78 is 0. The Morgan fingerprint density at radius 1 is 1.55 bits per heavy atom. The average Bonchev–Trinajstić information content (AvgIpc) is 2.70. The molecular weight excluding hydrogens is 274 g/mol. The van der Waals surface area contributed by atoms with E-state index in [0.717, 1.165) is 17.0 Å². The molecule has 62 valence electrons. The molecule has 11 heavy (non-hydrogen) atoms. The van der Waals surface area contributed by atoms with E-state index in [2.05, 4.69) is 31.1 Å². The number of hydrogen-bond donors (Lipinski definition) is 1.